The number of nitrogens with zero attached hydrogens (tertiary/aromatic N) is 2. The molecule has 1 aromatic heterocycles. The van der Waals surface area contributed by atoms with Crippen LogP contribution in [0.2, 0.25) is 0 Å². The van der Waals surface area contributed by atoms with Crippen molar-refractivity contribution in [1.29, 1.82) is 0 Å². The molecule has 0 aliphatic carbocycles. The number of aryl methyl sites for hydroxylation is 1. The van der Waals surface area contributed by atoms with Crippen molar-refractivity contribution in [2.24, 2.45) is 7.05 Å². The van der Waals surface area contributed by atoms with Gasteiger partial charge in [-0.25, -0.2) is 4.98 Å². The molecule has 1 aromatic carbocycles. The number of aliphatic hydroxyl groups is 1. The Labute approximate surface area is 107 Å². The van der Waals surface area contributed by atoms with E-state index < -0.39 is 6.10 Å². The largest absolute Gasteiger partial charge is 0.387 e. The smallest absolute Gasteiger partial charge is 0.125 e. The van der Waals surface area contributed by atoms with Crippen LogP contribution < -0.4 is 5.32 Å². The van der Waals surface area contributed by atoms with Crippen LogP contribution in [0.25, 0.3) is 0 Å². The highest BCUT2D eigenvalue weighted by Crippen LogP contribution is 2.13. The second-order valence-corrected chi connectivity index (χ2v) is 4.45. The second kappa shape index (κ2) is 5.80. The summed E-state index contributed by atoms with van der Waals surface area (Å²) in [7, 11) is 1.97. The molecule has 2 rings (SSSR count). The molecule has 0 saturated carbocycles. The molecule has 0 spiro atoms. The van der Waals surface area contributed by atoms with Gasteiger partial charge < -0.3 is 15.0 Å². The Balaban J connectivity index is 1.90. The molecule has 96 valence electrons. The average Bonchev–Trinajstić information content (AvgIpc) is 2.83. The molecule has 1 heterocycles. The zero-order valence-electron chi connectivity index (χ0n) is 10.7. The first-order chi connectivity index (χ1) is 8.68. The van der Waals surface area contributed by atoms with Gasteiger partial charge in [0.2, 0.25) is 0 Å². The number of hydrogen-bond acceptors (Lipinski definition) is 3. The molecule has 0 bridgehead atoms. The van der Waals surface area contributed by atoms with Crippen molar-refractivity contribution >= 4 is 0 Å². The van der Waals surface area contributed by atoms with Gasteiger partial charge in [0.25, 0.3) is 0 Å². The Morgan fingerprint density at radius 3 is 2.67 bits per heavy atom. The van der Waals surface area contributed by atoms with Crippen LogP contribution in [0.15, 0.2) is 42.7 Å². The molecule has 2 atom stereocenters. The first kappa shape index (κ1) is 12.8. The predicted octanol–water partition coefficient (Wildman–Crippen LogP) is 1.80. The predicted molar refractivity (Wildman–Crippen MR) is 71.0 cm³/mol. The lowest BCUT2D eigenvalue weighted by molar-refractivity contribution is 0.170. The number of nitrogens with one attached hydrogen (secondary N) is 1. The van der Waals surface area contributed by atoms with Crippen LogP contribution in [-0.2, 0) is 7.05 Å². The maximum absolute atomic E-state index is 10.0. The summed E-state index contributed by atoms with van der Waals surface area (Å²) in [6.07, 6.45) is 3.20. The lowest BCUT2D eigenvalue weighted by atomic mass is 10.1. The van der Waals surface area contributed by atoms with Gasteiger partial charge in [-0.15, -0.1) is 0 Å². The average molecular weight is 245 g/mol. The normalized spacial score (nSPS) is 14.4. The summed E-state index contributed by atoms with van der Waals surface area (Å²) in [6, 6.07) is 9.78. The lowest BCUT2D eigenvalue weighted by Crippen LogP contribution is -2.26. The minimum absolute atomic E-state index is 0.114. The minimum atomic E-state index is -0.492. The Morgan fingerprint density at radius 1 is 1.33 bits per heavy atom. The number of hydrogen-bond donors (Lipinski definition) is 2. The fraction of sp³-hybridized carbons (Fsp3) is 0.357. The summed E-state index contributed by atoms with van der Waals surface area (Å²) in [5.74, 6) is 0.968. The first-order valence-electron chi connectivity index (χ1n) is 6.12. The number of rotatable bonds is 5. The summed E-state index contributed by atoms with van der Waals surface area (Å²) in [5, 5.41) is 13.3. The third-order valence-corrected chi connectivity index (χ3v) is 3.05. The quantitative estimate of drug-likeness (QED) is 0.844. The van der Waals surface area contributed by atoms with Crippen molar-refractivity contribution in [2.45, 2.75) is 19.1 Å². The maximum atomic E-state index is 10.0. The molecule has 4 nitrogen and oxygen atoms in total. The van der Waals surface area contributed by atoms with Gasteiger partial charge in [-0.05, 0) is 12.5 Å². The van der Waals surface area contributed by atoms with Crippen LogP contribution in [0.1, 0.15) is 30.5 Å². The van der Waals surface area contributed by atoms with Crippen LogP contribution >= 0.6 is 0 Å². The number of aliphatic hydroxyl groups excluding tert-OH is 1. The van der Waals surface area contributed by atoms with Crippen LogP contribution in [0.5, 0.6) is 0 Å². The monoisotopic (exact) mass is 245 g/mol. The second-order valence-electron chi connectivity index (χ2n) is 4.45. The van der Waals surface area contributed by atoms with E-state index in [2.05, 4.69) is 10.3 Å². The van der Waals surface area contributed by atoms with Gasteiger partial charge in [0, 0.05) is 26.0 Å². The Kier molecular flexibility index (Phi) is 4.12. The van der Waals surface area contributed by atoms with Crippen molar-refractivity contribution in [3.05, 3.63) is 54.1 Å². The summed E-state index contributed by atoms with van der Waals surface area (Å²) in [5.41, 5.74) is 0.928. The molecule has 0 radical (unpaired) electrons. The van der Waals surface area contributed by atoms with Gasteiger partial charge in [-0.1, -0.05) is 30.3 Å². The van der Waals surface area contributed by atoms with Gasteiger partial charge in [0.1, 0.15) is 5.82 Å². The van der Waals surface area contributed by atoms with E-state index in [1.54, 1.807) is 6.20 Å². The molecular formula is C14H19N3O. The molecular weight excluding hydrogens is 226 g/mol. The van der Waals surface area contributed by atoms with E-state index in [0.29, 0.717) is 6.54 Å². The SMILES string of the molecule is CC(NCC(O)c1ccccc1)c1nccn1C. The van der Waals surface area contributed by atoms with E-state index in [-0.39, 0.29) is 6.04 Å². The van der Waals surface area contributed by atoms with Crippen LogP contribution in [-0.4, -0.2) is 21.2 Å². The van der Waals surface area contributed by atoms with Crippen molar-refractivity contribution in [3.63, 3.8) is 0 Å². The third-order valence-electron chi connectivity index (χ3n) is 3.05. The fourth-order valence-electron chi connectivity index (χ4n) is 1.97. The van der Waals surface area contributed by atoms with Gasteiger partial charge in [0.15, 0.2) is 0 Å². The first-order valence-corrected chi connectivity index (χ1v) is 6.12. The summed E-state index contributed by atoms with van der Waals surface area (Å²) in [4.78, 5) is 4.29. The van der Waals surface area contributed by atoms with Crippen LogP contribution in [0, 0.1) is 0 Å². The molecule has 2 aromatic rings. The number of aromatic nitrogens is 2. The molecule has 18 heavy (non-hydrogen) atoms. The summed E-state index contributed by atoms with van der Waals surface area (Å²) < 4.78 is 1.98. The van der Waals surface area contributed by atoms with Crippen LogP contribution in [0.4, 0.5) is 0 Å². The van der Waals surface area contributed by atoms with Crippen LogP contribution in [0.3, 0.4) is 0 Å². The van der Waals surface area contributed by atoms with Gasteiger partial charge >= 0.3 is 0 Å². The standard InChI is InChI=1S/C14H19N3O/c1-11(14-15-8-9-17(14)2)16-10-13(18)12-6-4-3-5-7-12/h3-9,11,13,16,18H,10H2,1-2H3. The molecule has 0 aliphatic heterocycles. The van der Waals surface area contributed by atoms with Gasteiger partial charge in [-0.2, -0.15) is 0 Å². The minimum Gasteiger partial charge on any atom is -0.387 e. The number of benzene rings is 1. The topological polar surface area (TPSA) is 50.1 Å². The maximum Gasteiger partial charge on any atom is 0.125 e. The fourth-order valence-corrected chi connectivity index (χ4v) is 1.97. The Morgan fingerprint density at radius 2 is 2.06 bits per heavy atom. The summed E-state index contributed by atoms with van der Waals surface area (Å²) >= 11 is 0. The molecule has 4 heteroatoms. The molecule has 2 N–H and O–H groups in total. The molecule has 2 unspecified atom stereocenters. The van der Waals surface area contributed by atoms with E-state index in [0.717, 1.165) is 11.4 Å². The highest BCUT2D eigenvalue weighted by Gasteiger charge is 2.12. The molecule has 0 aliphatic rings. The summed E-state index contributed by atoms with van der Waals surface area (Å²) in [6.45, 7) is 2.55. The van der Waals surface area contributed by atoms with Gasteiger partial charge in [-0.3, -0.25) is 0 Å². The Hall–Kier alpha value is -1.65. The van der Waals surface area contributed by atoms with Gasteiger partial charge in [0.05, 0.1) is 12.1 Å². The zero-order chi connectivity index (χ0) is 13.0. The molecule has 0 saturated heterocycles. The van der Waals surface area contributed by atoms with E-state index in [1.165, 1.54) is 0 Å². The van der Waals surface area contributed by atoms with Crippen molar-refractivity contribution < 1.29 is 5.11 Å². The van der Waals surface area contributed by atoms with Crippen molar-refractivity contribution in [3.8, 4) is 0 Å². The Bertz CT molecular complexity index is 481. The highest BCUT2D eigenvalue weighted by molar-refractivity contribution is 5.17. The number of imidazole rings is 1. The lowest BCUT2D eigenvalue weighted by Gasteiger charge is -2.17. The molecule has 0 amide bonds. The van der Waals surface area contributed by atoms with E-state index in [9.17, 15) is 5.11 Å². The van der Waals surface area contributed by atoms with E-state index in [4.69, 9.17) is 0 Å². The highest BCUT2D eigenvalue weighted by atomic mass is 16.3. The zero-order valence-corrected chi connectivity index (χ0v) is 10.7. The van der Waals surface area contributed by atoms with Crippen molar-refractivity contribution in [2.75, 3.05) is 6.54 Å². The van der Waals surface area contributed by atoms with E-state index in [1.807, 2.05) is 55.1 Å². The molecule has 0 fully saturated rings. The van der Waals surface area contributed by atoms with Crippen molar-refractivity contribution in [1.82, 2.24) is 14.9 Å². The third kappa shape index (κ3) is 2.97. The van der Waals surface area contributed by atoms with E-state index >= 15 is 0 Å².